The van der Waals surface area contributed by atoms with Gasteiger partial charge in [-0.3, -0.25) is 19.2 Å². The minimum atomic E-state index is -1.20. The summed E-state index contributed by atoms with van der Waals surface area (Å²) in [6.45, 7) is 19.4. The maximum absolute atomic E-state index is 13.0. The monoisotopic (exact) mass is 1850 g/mol. The second kappa shape index (κ2) is 49.8. The normalized spacial score (nSPS) is 10.8. The summed E-state index contributed by atoms with van der Waals surface area (Å²) in [6, 6.07) is 32.2. The van der Waals surface area contributed by atoms with E-state index in [-0.39, 0.29) is 165 Å². The number of nitrogens with one attached hydrogen (secondary N) is 5. The topological polar surface area (TPSA) is 551 Å². The van der Waals surface area contributed by atoms with Gasteiger partial charge in [0.25, 0.3) is 35.3 Å². The van der Waals surface area contributed by atoms with Crippen LogP contribution in [0.15, 0.2) is 115 Å². The van der Waals surface area contributed by atoms with Crippen molar-refractivity contribution in [3.8, 4) is 58.1 Å². The van der Waals surface area contributed by atoms with Crippen molar-refractivity contribution in [2.75, 3.05) is 99.0 Å². The minimum Gasteiger partial charge on any atom is -0.490 e. The predicted octanol–water partition coefficient (Wildman–Crippen LogP) is 8.77. The molecule has 714 valence electrons. The van der Waals surface area contributed by atoms with E-state index in [0.717, 1.165) is 18.2 Å². The van der Waals surface area contributed by atoms with Crippen molar-refractivity contribution in [3.63, 3.8) is 0 Å². The third-order valence-corrected chi connectivity index (χ3v) is 17.7. The van der Waals surface area contributed by atoms with Gasteiger partial charge in [-0.25, -0.2) is 62.9 Å². The Morgan fingerprint density at radius 1 is 0.331 bits per heavy atom. The van der Waals surface area contributed by atoms with Gasteiger partial charge in [0, 0.05) is 20.3 Å². The molecule has 0 aliphatic rings. The van der Waals surface area contributed by atoms with E-state index in [4.69, 9.17) is 72.0 Å². The van der Waals surface area contributed by atoms with Crippen LogP contribution in [0.1, 0.15) is 192 Å². The second-order valence-corrected chi connectivity index (χ2v) is 30.2. The van der Waals surface area contributed by atoms with Gasteiger partial charge >= 0.3 is 42.0 Å². The Bertz CT molecular complexity index is 5560. The van der Waals surface area contributed by atoms with Crippen LogP contribution in [0, 0.1) is 5.82 Å². The number of ketones is 1. The van der Waals surface area contributed by atoms with Crippen LogP contribution in [-0.4, -0.2) is 214 Å². The number of methoxy groups -OCH3 is 13. The van der Waals surface area contributed by atoms with Crippen molar-refractivity contribution in [3.05, 3.63) is 201 Å². The number of alkyl carbamates (subject to hydrolysis) is 2. The summed E-state index contributed by atoms with van der Waals surface area (Å²) in [7, 11) is 17.1. The molecule has 5 amide bonds. The van der Waals surface area contributed by atoms with Crippen LogP contribution >= 0.6 is 0 Å². The number of carbonyl (C=O) groups excluding carboxylic acids is 11. The number of nitrogens with two attached hydrogens (primary N) is 1. The summed E-state index contributed by atoms with van der Waals surface area (Å²) < 4.78 is 94.2. The molecule has 9 rings (SSSR count). The lowest BCUT2D eigenvalue weighted by atomic mass is 10.0. The molecule has 0 radical (unpaired) electrons. The maximum Gasteiger partial charge on any atom is 0.408 e. The number of benzene rings is 4. The first-order valence-corrected chi connectivity index (χ1v) is 39.7. The fourth-order valence-electron chi connectivity index (χ4n) is 11.2. The summed E-state index contributed by atoms with van der Waals surface area (Å²) in [5.74, 6) is -4.84. The van der Waals surface area contributed by atoms with Gasteiger partial charge < -0.3 is 108 Å². The van der Waals surface area contributed by atoms with E-state index >= 15 is 0 Å². The van der Waals surface area contributed by atoms with E-state index in [9.17, 15) is 57.1 Å². The van der Waals surface area contributed by atoms with Crippen LogP contribution in [-0.2, 0) is 90.1 Å². The number of ether oxygens (including phenoxy) is 16. The Kier molecular flexibility index (Phi) is 40.4. The molecular weight excluding hydrogens is 1740 g/mol. The molecule has 0 saturated carbocycles. The molecule has 44 heteroatoms. The number of hydrogen-bond acceptors (Lipinski definition) is 38. The number of carbonyl (C=O) groups is 11. The summed E-state index contributed by atoms with van der Waals surface area (Å²) in [5, 5.41) is 13.2. The zero-order valence-corrected chi connectivity index (χ0v) is 78.2. The van der Waals surface area contributed by atoms with E-state index < -0.39 is 81.5 Å². The van der Waals surface area contributed by atoms with Crippen molar-refractivity contribution in [2.24, 2.45) is 5.73 Å². The van der Waals surface area contributed by atoms with Crippen LogP contribution in [0.2, 0.25) is 0 Å². The van der Waals surface area contributed by atoms with Gasteiger partial charge in [0.15, 0.2) is 63.4 Å². The molecule has 0 fully saturated rings. The van der Waals surface area contributed by atoms with Crippen molar-refractivity contribution in [1.29, 1.82) is 0 Å². The van der Waals surface area contributed by atoms with E-state index in [2.05, 4.69) is 85.9 Å². The molecule has 0 saturated heterocycles. The first-order chi connectivity index (χ1) is 62.7. The Morgan fingerprint density at radius 2 is 0.617 bits per heavy atom. The summed E-state index contributed by atoms with van der Waals surface area (Å²) in [4.78, 5) is 175. The fourth-order valence-corrected chi connectivity index (χ4v) is 11.2. The lowest BCUT2D eigenvalue weighted by Crippen LogP contribution is -2.43. The summed E-state index contributed by atoms with van der Waals surface area (Å²) in [5.41, 5.74) is 2.78. The van der Waals surface area contributed by atoms with Gasteiger partial charge in [-0.05, 0) is 110 Å². The Morgan fingerprint density at radius 3 is 0.925 bits per heavy atom. The average Bonchev–Trinajstić information content (AvgIpc) is 0.778. The van der Waals surface area contributed by atoms with Gasteiger partial charge in [0.05, 0.1) is 132 Å². The predicted molar refractivity (Wildman–Crippen MR) is 470 cm³/mol. The molecular formula is C89H109FN16O27. The lowest BCUT2D eigenvalue weighted by Gasteiger charge is -2.25. The fraction of sp³-hybridized carbons (Fsp3) is 0.382. The molecule has 7 N–H and O–H groups in total. The van der Waals surface area contributed by atoms with Crippen LogP contribution in [0.4, 0.5) is 14.0 Å². The highest BCUT2D eigenvalue weighted by atomic mass is 19.1. The van der Waals surface area contributed by atoms with Crippen molar-refractivity contribution in [2.45, 2.75) is 130 Å². The molecule has 43 nitrogen and oxygen atoms in total. The molecule has 4 aromatic carbocycles. The first-order valence-electron chi connectivity index (χ1n) is 39.7. The highest BCUT2D eigenvalue weighted by molar-refractivity contribution is 5.99. The largest absolute Gasteiger partial charge is 0.490 e. The van der Waals surface area contributed by atoms with Gasteiger partial charge in [-0.1, -0.05) is 91.0 Å². The number of Topliss-reactive ketones (excluding diaryl/α,β-unsaturated/α-hetero) is 1. The summed E-state index contributed by atoms with van der Waals surface area (Å²) in [6.07, 6.45) is -1.35. The molecule has 5 heterocycles. The molecule has 0 spiro atoms. The number of rotatable bonds is 33. The number of halogens is 1. The van der Waals surface area contributed by atoms with Gasteiger partial charge in [0.2, 0.25) is 40.6 Å². The van der Waals surface area contributed by atoms with E-state index in [1.807, 2.05) is 60.7 Å². The van der Waals surface area contributed by atoms with E-state index in [0.29, 0.717) is 5.56 Å². The SMILES string of the molecule is COC(=O)c1nc(C(C)(C)N)nc(OC)c1OC.COC(=O)c1nc(C(C)(C)NC(=O)OCc2ccccc2)nc(OC)c1OC.COC(=O)c1nc(C(C)(C)NC(=O)OCc2ccccc2)nc(OC)c1OC(=O)c1ccccc1.COC(=O)c1nc(C(C)(C)NC(C)=O)nc(OC)c1OC.COc1nc(C(C)(C)NC(C)=O)nc(C(=O)NCC(=O)Cc2ccc(F)cc2)c1OC. The Hall–Kier alpha value is -15.7. The van der Waals surface area contributed by atoms with Gasteiger partial charge in [-0.15, -0.1) is 0 Å². The van der Waals surface area contributed by atoms with Crippen molar-refractivity contribution < 1.29 is 133 Å². The van der Waals surface area contributed by atoms with Gasteiger partial charge in [0.1, 0.15) is 19.0 Å². The highest BCUT2D eigenvalue weighted by Gasteiger charge is 2.38. The molecule has 5 aromatic heterocycles. The smallest absolute Gasteiger partial charge is 0.408 e. The van der Waals surface area contributed by atoms with Crippen LogP contribution in [0.3, 0.4) is 0 Å². The van der Waals surface area contributed by atoms with Crippen LogP contribution in [0.25, 0.3) is 0 Å². The first kappa shape index (κ1) is 108. The van der Waals surface area contributed by atoms with Crippen LogP contribution < -0.4 is 79.7 Å². The average molecular weight is 1850 g/mol. The number of aromatic nitrogens is 10. The summed E-state index contributed by atoms with van der Waals surface area (Å²) >= 11 is 0. The van der Waals surface area contributed by atoms with Crippen molar-refractivity contribution in [1.82, 2.24) is 76.4 Å². The molecule has 0 unspecified atom stereocenters. The van der Waals surface area contributed by atoms with E-state index in [1.165, 1.54) is 123 Å². The maximum atomic E-state index is 13.0. The molecule has 133 heavy (non-hydrogen) atoms. The number of esters is 5. The van der Waals surface area contributed by atoms with Crippen LogP contribution in [0.5, 0.6) is 58.1 Å². The molecule has 0 bridgehead atoms. The molecule has 0 aliphatic heterocycles. The molecule has 0 aliphatic carbocycles. The number of nitrogens with zero attached hydrogens (tertiary/aromatic N) is 10. The third-order valence-electron chi connectivity index (χ3n) is 17.7. The zero-order valence-electron chi connectivity index (χ0n) is 78.2. The highest BCUT2D eigenvalue weighted by Crippen LogP contribution is 2.37. The number of hydrogen-bond donors (Lipinski definition) is 6. The third kappa shape index (κ3) is 31.0. The number of amides is 5. The standard InChI is InChI=1S/C25H25N3O7.C21H25FN4O5.C19H23N3O6.C13H19N3O5.C11H17N3O4/c1-25(2,28-24(31)34-15-16-11-7-5-8-12-16)23-26-18(22(30)33-4)19(20(27-23)32-3)35-21(29)17-13-9-6-10-14-17;1-12(27)26-21(2,3)20-24-16(17(30-4)19(25-20)31-5)18(29)23-11-15(28)10-13-6-8-14(22)9-7-13;1-19(2,22-18(24)28-11-12-9-7-6-8-10-12)17-20-13(16(23)27-5)14(25-3)15(21-17)26-4;1-7(17)16-13(2,3)12-14-8(11(18)21-6)9(19-4)10(15-12)20-5;1-11(2,12)10-13-6(9(15)18-5)7(16-3)8(14-10)17-4/h5-14H,15H2,1-4H3,(H,28,31);6-9H,10-11H2,1-5H3,(H,23,29)(H,26,27);6-10H,11H2,1-5H3,(H,22,24);1-6H3,(H,16,17);12H2,1-5H3. The van der Waals surface area contributed by atoms with Gasteiger partial charge in [-0.2, -0.15) is 24.9 Å². The molecule has 0 atom stereocenters. The van der Waals surface area contributed by atoms with Crippen molar-refractivity contribution >= 4 is 65.5 Å². The van der Waals surface area contributed by atoms with E-state index in [1.54, 1.807) is 99.6 Å². The molecule has 9 aromatic rings. The second-order valence-electron chi connectivity index (χ2n) is 30.2. The Balaban J connectivity index is 0.000000299. The quantitative estimate of drug-likeness (QED) is 0.0165. The zero-order chi connectivity index (χ0) is 99.5. The minimum absolute atomic E-state index is 0.00548. The Labute approximate surface area is 765 Å². The lowest BCUT2D eigenvalue weighted by molar-refractivity contribution is -0.121.